The number of hydrogen-bond acceptors (Lipinski definition) is 5. The maximum Gasteiger partial charge on any atom is 0.331 e. The zero-order valence-electron chi connectivity index (χ0n) is 18.0. The average Bonchev–Trinajstić information content (AvgIpc) is 3.01. The van der Waals surface area contributed by atoms with Gasteiger partial charge in [-0.1, -0.05) is 38.8 Å². The fourth-order valence-corrected chi connectivity index (χ4v) is 4.58. The summed E-state index contributed by atoms with van der Waals surface area (Å²) in [5.41, 5.74) is 0.665. The Bertz CT molecular complexity index is 839. The summed E-state index contributed by atoms with van der Waals surface area (Å²) in [5.74, 6) is -0.667. The number of esters is 1. The minimum Gasteiger partial charge on any atom is -0.449 e. The van der Waals surface area contributed by atoms with Crippen LogP contribution in [0.25, 0.3) is 6.08 Å². The smallest absolute Gasteiger partial charge is 0.331 e. The molecule has 166 valence electrons. The van der Waals surface area contributed by atoms with E-state index in [1.165, 1.54) is 19.1 Å². The van der Waals surface area contributed by atoms with E-state index >= 15 is 0 Å². The van der Waals surface area contributed by atoms with Crippen LogP contribution in [-0.4, -0.2) is 50.3 Å². The highest BCUT2D eigenvalue weighted by Gasteiger charge is 2.24. The standard InChI is InChI=1S/C22H32N2O5S/c1-17(2)16-23-22(26)18(3)29-21(25)13-10-19-8-11-20(12-9-19)30(27,28)24-14-6-4-5-7-15-24/h8-13,17-18H,4-7,14-16H2,1-3H3,(H,23,26)/b13-10+. The van der Waals surface area contributed by atoms with Gasteiger partial charge in [-0.25, -0.2) is 13.2 Å². The first-order valence-corrected chi connectivity index (χ1v) is 11.9. The van der Waals surface area contributed by atoms with Gasteiger partial charge < -0.3 is 10.1 Å². The molecule has 0 saturated carbocycles. The lowest BCUT2D eigenvalue weighted by Crippen LogP contribution is -2.37. The van der Waals surface area contributed by atoms with E-state index in [4.69, 9.17) is 4.74 Å². The van der Waals surface area contributed by atoms with Crippen molar-refractivity contribution in [1.82, 2.24) is 9.62 Å². The molecule has 0 aliphatic carbocycles. The van der Waals surface area contributed by atoms with Crippen LogP contribution in [0.2, 0.25) is 0 Å². The van der Waals surface area contributed by atoms with Crippen molar-refractivity contribution in [3.63, 3.8) is 0 Å². The van der Waals surface area contributed by atoms with E-state index in [1.807, 2.05) is 13.8 Å². The molecule has 1 aromatic carbocycles. The van der Waals surface area contributed by atoms with Crippen molar-refractivity contribution in [3.8, 4) is 0 Å². The molecule has 1 N–H and O–H groups in total. The van der Waals surface area contributed by atoms with Gasteiger partial charge in [-0.15, -0.1) is 0 Å². The molecule has 8 heteroatoms. The Morgan fingerprint density at radius 3 is 2.23 bits per heavy atom. The molecule has 1 aliphatic heterocycles. The van der Waals surface area contributed by atoms with Gasteiger partial charge in [0.1, 0.15) is 0 Å². The largest absolute Gasteiger partial charge is 0.449 e. The minimum absolute atomic E-state index is 0.250. The molecule has 30 heavy (non-hydrogen) atoms. The number of ether oxygens (including phenoxy) is 1. The molecule has 7 nitrogen and oxygen atoms in total. The summed E-state index contributed by atoms with van der Waals surface area (Å²) in [6, 6.07) is 6.39. The van der Waals surface area contributed by atoms with E-state index in [2.05, 4.69) is 5.32 Å². The number of rotatable bonds is 8. The number of sulfonamides is 1. The number of nitrogens with one attached hydrogen (secondary N) is 1. The molecule has 1 aliphatic rings. The predicted molar refractivity (Wildman–Crippen MR) is 116 cm³/mol. The van der Waals surface area contributed by atoms with Crippen molar-refractivity contribution >= 4 is 28.0 Å². The molecular formula is C22H32N2O5S. The number of nitrogens with zero attached hydrogens (tertiary/aromatic N) is 1. The molecule has 0 aromatic heterocycles. The van der Waals surface area contributed by atoms with Gasteiger partial charge in [-0.3, -0.25) is 4.79 Å². The first-order valence-electron chi connectivity index (χ1n) is 10.5. The molecule has 1 unspecified atom stereocenters. The summed E-state index contributed by atoms with van der Waals surface area (Å²) in [4.78, 5) is 24.1. The van der Waals surface area contributed by atoms with Gasteiger partial charge >= 0.3 is 5.97 Å². The van der Waals surface area contributed by atoms with Crippen molar-refractivity contribution in [2.24, 2.45) is 5.92 Å². The molecule has 1 aromatic rings. The van der Waals surface area contributed by atoms with Crippen LogP contribution in [0, 0.1) is 5.92 Å². The van der Waals surface area contributed by atoms with Crippen LogP contribution < -0.4 is 5.32 Å². The van der Waals surface area contributed by atoms with E-state index in [0.29, 0.717) is 31.1 Å². The normalized spacial score (nSPS) is 16.9. The third-order valence-corrected chi connectivity index (χ3v) is 6.75. The lowest BCUT2D eigenvalue weighted by molar-refractivity contribution is -0.150. The van der Waals surface area contributed by atoms with Gasteiger partial charge in [-0.05, 0) is 49.5 Å². The van der Waals surface area contributed by atoms with E-state index < -0.39 is 22.1 Å². The monoisotopic (exact) mass is 436 g/mol. The number of carbonyl (C=O) groups excluding carboxylic acids is 2. The summed E-state index contributed by atoms with van der Waals surface area (Å²) in [7, 11) is -3.50. The summed E-state index contributed by atoms with van der Waals surface area (Å²) < 4.78 is 32.2. The Hall–Kier alpha value is -2.19. The van der Waals surface area contributed by atoms with Gasteiger partial charge in [0.05, 0.1) is 4.90 Å². The van der Waals surface area contributed by atoms with E-state index in [1.54, 1.807) is 28.6 Å². The summed E-state index contributed by atoms with van der Waals surface area (Å²) in [5, 5.41) is 2.71. The SMILES string of the molecule is CC(C)CNC(=O)C(C)OC(=O)/C=C/c1ccc(S(=O)(=O)N2CCCCCC2)cc1. The molecule has 2 rings (SSSR count). The first kappa shape index (κ1) is 24.1. The lowest BCUT2D eigenvalue weighted by Gasteiger charge is -2.19. The van der Waals surface area contributed by atoms with Crippen molar-refractivity contribution in [2.75, 3.05) is 19.6 Å². The van der Waals surface area contributed by atoms with Crippen LogP contribution in [0.3, 0.4) is 0 Å². The van der Waals surface area contributed by atoms with Crippen LogP contribution in [0.1, 0.15) is 52.0 Å². The van der Waals surface area contributed by atoms with Crippen molar-refractivity contribution < 1.29 is 22.7 Å². The third kappa shape index (κ3) is 7.25. The quantitative estimate of drug-likeness (QED) is 0.500. The van der Waals surface area contributed by atoms with Gasteiger partial charge in [0.2, 0.25) is 10.0 Å². The Labute approximate surface area is 179 Å². The van der Waals surface area contributed by atoms with Crippen molar-refractivity contribution in [3.05, 3.63) is 35.9 Å². The number of amides is 1. The molecule has 1 fully saturated rings. The molecule has 1 heterocycles. The Morgan fingerprint density at radius 2 is 1.67 bits per heavy atom. The van der Waals surface area contributed by atoms with E-state index in [9.17, 15) is 18.0 Å². The van der Waals surface area contributed by atoms with Crippen LogP contribution in [0.5, 0.6) is 0 Å². The molecule has 0 spiro atoms. The van der Waals surface area contributed by atoms with Gasteiger partial charge in [0.15, 0.2) is 6.10 Å². The van der Waals surface area contributed by atoms with E-state index in [0.717, 1.165) is 25.7 Å². The molecule has 1 saturated heterocycles. The fraction of sp³-hybridized carbons (Fsp3) is 0.545. The van der Waals surface area contributed by atoms with Gasteiger partial charge in [0.25, 0.3) is 5.91 Å². The predicted octanol–water partition coefficient (Wildman–Crippen LogP) is 2.97. The second kappa shape index (κ2) is 11.3. The average molecular weight is 437 g/mol. The zero-order valence-corrected chi connectivity index (χ0v) is 18.8. The van der Waals surface area contributed by atoms with Crippen LogP contribution in [0.4, 0.5) is 0 Å². The topological polar surface area (TPSA) is 92.8 Å². The number of carbonyl (C=O) groups is 2. The Kier molecular flexibility index (Phi) is 9.05. The molecule has 1 amide bonds. The van der Waals surface area contributed by atoms with Crippen molar-refractivity contribution in [2.45, 2.75) is 57.5 Å². The van der Waals surface area contributed by atoms with Crippen LogP contribution >= 0.6 is 0 Å². The minimum atomic E-state index is -3.50. The molecular weight excluding hydrogens is 404 g/mol. The highest BCUT2D eigenvalue weighted by atomic mass is 32.2. The van der Waals surface area contributed by atoms with Crippen LogP contribution in [-0.2, 0) is 24.3 Å². The Balaban J connectivity index is 1.93. The number of hydrogen-bond donors (Lipinski definition) is 1. The molecule has 1 atom stereocenters. The summed E-state index contributed by atoms with van der Waals surface area (Å²) in [6.07, 6.45) is 5.76. The van der Waals surface area contributed by atoms with Crippen LogP contribution in [0.15, 0.2) is 35.2 Å². The van der Waals surface area contributed by atoms with Gasteiger partial charge in [-0.2, -0.15) is 4.31 Å². The van der Waals surface area contributed by atoms with Crippen molar-refractivity contribution in [1.29, 1.82) is 0 Å². The molecule has 0 radical (unpaired) electrons. The van der Waals surface area contributed by atoms with Gasteiger partial charge in [0, 0.05) is 25.7 Å². The Morgan fingerprint density at radius 1 is 1.07 bits per heavy atom. The second-order valence-electron chi connectivity index (χ2n) is 7.94. The third-order valence-electron chi connectivity index (χ3n) is 4.84. The summed E-state index contributed by atoms with van der Waals surface area (Å²) in [6.45, 7) is 7.10. The fourth-order valence-electron chi connectivity index (χ4n) is 3.06. The van der Waals surface area contributed by atoms with E-state index in [-0.39, 0.29) is 10.8 Å². The molecule has 0 bridgehead atoms. The highest BCUT2D eigenvalue weighted by Crippen LogP contribution is 2.21. The number of benzene rings is 1. The first-order chi connectivity index (χ1) is 14.2. The lowest BCUT2D eigenvalue weighted by atomic mass is 10.2. The second-order valence-corrected chi connectivity index (χ2v) is 9.88. The summed E-state index contributed by atoms with van der Waals surface area (Å²) >= 11 is 0. The highest BCUT2D eigenvalue weighted by molar-refractivity contribution is 7.89. The zero-order chi connectivity index (χ0) is 22.1. The maximum atomic E-state index is 12.8. The maximum absolute atomic E-state index is 12.8.